The fraction of sp³-hybridized carbons (Fsp3) is 0.300. The van der Waals surface area contributed by atoms with Gasteiger partial charge in [0.15, 0.2) is 0 Å². The molecule has 1 amide bonds. The Balaban J connectivity index is 2.82. The molecule has 0 aliphatic heterocycles. The third-order valence-corrected chi connectivity index (χ3v) is 2.22. The molecule has 0 saturated heterocycles. The van der Waals surface area contributed by atoms with Crippen molar-refractivity contribution in [3.8, 4) is 0 Å². The molecular weight excluding hydrogens is 182 g/mol. The molecule has 0 aliphatic rings. The Labute approximate surface area is 82.9 Å². The highest BCUT2D eigenvalue weighted by atomic mass is 32.2. The minimum Gasteiger partial charge on any atom is -0.303 e. The van der Waals surface area contributed by atoms with E-state index in [1.165, 1.54) is 0 Å². The number of hydrogen-bond donors (Lipinski definition) is 0. The summed E-state index contributed by atoms with van der Waals surface area (Å²) in [4.78, 5) is 13.0. The minimum atomic E-state index is 0.0838. The summed E-state index contributed by atoms with van der Waals surface area (Å²) in [5, 5.41) is 0. The van der Waals surface area contributed by atoms with E-state index in [1.807, 2.05) is 36.6 Å². The number of carbonyl (C=O) groups is 1. The highest BCUT2D eigenvalue weighted by Crippen LogP contribution is 2.15. The first kappa shape index (κ1) is 10.1. The lowest BCUT2D eigenvalue weighted by Gasteiger charge is -2.19. The quantitative estimate of drug-likeness (QED) is 0.690. The predicted octanol–water partition coefficient (Wildman–Crippen LogP) is 2.36. The fourth-order valence-corrected chi connectivity index (χ4v) is 1.67. The Morgan fingerprint density at radius 1 is 1.38 bits per heavy atom. The van der Waals surface area contributed by atoms with Crippen LogP contribution in [-0.4, -0.2) is 18.0 Å². The van der Waals surface area contributed by atoms with Crippen LogP contribution in [0.2, 0.25) is 0 Å². The molecule has 0 aromatic heterocycles. The van der Waals surface area contributed by atoms with E-state index in [1.54, 1.807) is 23.6 Å². The van der Waals surface area contributed by atoms with Crippen molar-refractivity contribution >= 4 is 23.4 Å². The molecule has 70 valence electrons. The van der Waals surface area contributed by atoms with Crippen molar-refractivity contribution in [3.63, 3.8) is 0 Å². The number of carbonyl (C=O) groups excluding carboxylic acids is 1. The molecule has 0 fully saturated rings. The van der Waals surface area contributed by atoms with E-state index < -0.39 is 0 Å². The van der Waals surface area contributed by atoms with Crippen molar-refractivity contribution in [2.75, 3.05) is 17.0 Å². The Bertz CT molecular complexity index is 274. The van der Waals surface area contributed by atoms with Gasteiger partial charge in [-0.25, -0.2) is 0 Å². The van der Waals surface area contributed by atoms with Gasteiger partial charge in [0.2, 0.25) is 5.91 Å². The topological polar surface area (TPSA) is 20.3 Å². The van der Waals surface area contributed by atoms with Crippen LogP contribution >= 0.6 is 11.8 Å². The van der Waals surface area contributed by atoms with Crippen molar-refractivity contribution < 1.29 is 4.79 Å². The molecule has 1 aromatic rings. The molecule has 0 spiro atoms. The lowest BCUT2D eigenvalue weighted by molar-refractivity contribution is -0.116. The van der Waals surface area contributed by atoms with Gasteiger partial charge in [0.1, 0.15) is 0 Å². The van der Waals surface area contributed by atoms with E-state index in [9.17, 15) is 4.79 Å². The summed E-state index contributed by atoms with van der Waals surface area (Å²) in [6.07, 6.45) is 1.98. The number of benzene rings is 1. The Morgan fingerprint density at radius 2 is 2.00 bits per heavy atom. The lowest BCUT2D eigenvalue weighted by Crippen LogP contribution is -2.27. The highest BCUT2D eigenvalue weighted by molar-refractivity contribution is 7.98. The third-order valence-electron chi connectivity index (χ3n) is 1.71. The standard InChI is InChI=1S/C10H13NOS/c1-9(12)11(8-13-2)10-6-4-3-5-7-10/h3-7H,8H2,1-2H3. The molecule has 0 heterocycles. The molecule has 3 heteroatoms. The molecule has 2 nitrogen and oxygen atoms in total. The van der Waals surface area contributed by atoms with E-state index in [0.29, 0.717) is 5.88 Å². The second-order valence-corrected chi connectivity index (χ2v) is 3.54. The van der Waals surface area contributed by atoms with E-state index in [0.717, 1.165) is 5.69 Å². The average Bonchev–Trinajstić information content (AvgIpc) is 2.15. The third kappa shape index (κ3) is 2.77. The smallest absolute Gasteiger partial charge is 0.224 e. The second kappa shape index (κ2) is 4.92. The second-order valence-electron chi connectivity index (χ2n) is 2.70. The van der Waals surface area contributed by atoms with E-state index >= 15 is 0 Å². The van der Waals surface area contributed by atoms with Crippen LogP contribution in [-0.2, 0) is 4.79 Å². The molecule has 1 aromatic carbocycles. The summed E-state index contributed by atoms with van der Waals surface area (Å²) >= 11 is 1.64. The van der Waals surface area contributed by atoms with Gasteiger partial charge in [-0.15, -0.1) is 11.8 Å². The van der Waals surface area contributed by atoms with Crippen molar-refractivity contribution in [3.05, 3.63) is 30.3 Å². The van der Waals surface area contributed by atoms with Gasteiger partial charge in [0.05, 0.1) is 5.88 Å². The monoisotopic (exact) mass is 195 g/mol. The Hall–Kier alpha value is -0.960. The number of hydrogen-bond acceptors (Lipinski definition) is 2. The number of nitrogens with zero attached hydrogens (tertiary/aromatic N) is 1. The summed E-state index contributed by atoms with van der Waals surface area (Å²) in [5.41, 5.74) is 0.962. The average molecular weight is 195 g/mol. The maximum Gasteiger partial charge on any atom is 0.224 e. The van der Waals surface area contributed by atoms with Gasteiger partial charge in [0.25, 0.3) is 0 Å². The van der Waals surface area contributed by atoms with E-state index in [2.05, 4.69) is 0 Å². The normalized spacial score (nSPS) is 9.69. The van der Waals surface area contributed by atoms with E-state index in [4.69, 9.17) is 0 Å². The molecule has 1 rings (SSSR count). The molecule has 0 unspecified atom stereocenters. The van der Waals surface area contributed by atoms with Crippen LogP contribution in [0.25, 0.3) is 0 Å². The highest BCUT2D eigenvalue weighted by Gasteiger charge is 2.08. The van der Waals surface area contributed by atoms with Crippen LogP contribution in [0, 0.1) is 0 Å². The zero-order valence-electron chi connectivity index (χ0n) is 7.86. The zero-order valence-corrected chi connectivity index (χ0v) is 8.67. The first-order valence-corrected chi connectivity index (χ1v) is 5.47. The van der Waals surface area contributed by atoms with Gasteiger partial charge in [-0.1, -0.05) is 18.2 Å². The maximum absolute atomic E-state index is 11.2. The largest absolute Gasteiger partial charge is 0.303 e. The Kier molecular flexibility index (Phi) is 3.83. The van der Waals surface area contributed by atoms with Crippen LogP contribution in [0.15, 0.2) is 30.3 Å². The van der Waals surface area contributed by atoms with Gasteiger partial charge in [-0.3, -0.25) is 4.79 Å². The van der Waals surface area contributed by atoms with E-state index in [-0.39, 0.29) is 5.91 Å². The van der Waals surface area contributed by atoms with Crippen molar-refractivity contribution in [1.29, 1.82) is 0 Å². The van der Waals surface area contributed by atoms with Crippen molar-refractivity contribution in [2.45, 2.75) is 6.92 Å². The number of anilines is 1. The first-order valence-electron chi connectivity index (χ1n) is 4.08. The van der Waals surface area contributed by atoms with Crippen molar-refractivity contribution in [2.24, 2.45) is 0 Å². The van der Waals surface area contributed by atoms with Crippen LogP contribution in [0.1, 0.15) is 6.92 Å². The van der Waals surface area contributed by atoms with Crippen LogP contribution in [0.4, 0.5) is 5.69 Å². The fourth-order valence-electron chi connectivity index (χ4n) is 1.08. The molecule has 13 heavy (non-hydrogen) atoms. The summed E-state index contributed by atoms with van der Waals surface area (Å²) in [6.45, 7) is 1.59. The molecule has 0 radical (unpaired) electrons. The molecule has 0 bridgehead atoms. The number of thioether (sulfide) groups is 1. The van der Waals surface area contributed by atoms with Crippen LogP contribution < -0.4 is 4.90 Å². The number of rotatable bonds is 3. The van der Waals surface area contributed by atoms with Gasteiger partial charge in [-0.05, 0) is 18.4 Å². The molecule has 0 atom stereocenters. The molecule has 0 N–H and O–H groups in total. The molecule has 0 saturated carbocycles. The van der Waals surface area contributed by atoms with Gasteiger partial charge in [0, 0.05) is 12.6 Å². The summed E-state index contributed by atoms with van der Waals surface area (Å²) < 4.78 is 0. The number of amides is 1. The molecular formula is C10H13NOS. The lowest BCUT2D eigenvalue weighted by atomic mass is 10.3. The minimum absolute atomic E-state index is 0.0838. The molecule has 0 aliphatic carbocycles. The summed E-state index contributed by atoms with van der Waals surface area (Å²) in [5.74, 6) is 0.792. The summed E-state index contributed by atoms with van der Waals surface area (Å²) in [7, 11) is 0. The SMILES string of the molecule is CSCN(C(C)=O)c1ccccc1. The zero-order chi connectivity index (χ0) is 9.68. The number of para-hydroxylation sites is 1. The maximum atomic E-state index is 11.2. The van der Waals surface area contributed by atoms with Crippen LogP contribution in [0.5, 0.6) is 0 Å². The van der Waals surface area contributed by atoms with Gasteiger partial charge in [-0.2, -0.15) is 0 Å². The summed E-state index contributed by atoms with van der Waals surface area (Å²) in [6, 6.07) is 9.70. The van der Waals surface area contributed by atoms with Gasteiger partial charge < -0.3 is 4.90 Å². The Morgan fingerprint density at radius 3 is 2.46 bits per heavy atom. The van der Waals surface area contributed by atoms with Crippen LogP contribution in [0.3, 0.4) is 0 Å². The predicted molar refractivity (Wildman–Crippen MR) is 58.0 cm³/mol. The van der Waals surface area contributed by atoms with Crippen molar-refractivity contribution in [1.82, 2.24) is 0 Å². The van der Waals surface area contributed by atoms with Gasteiger partial charge >= 0.3 is 0 Å². The first-order chi connectivity index (χ1) is 6.25.